The van der Waals surface area contributed by atoms with Crippen molar-refractivity contribution >= 4 is 15.4 Å². The summed E-state index contributed by atoms with van der Waals surface area (Å²) in [7, 11) is 0. The second kappa shape index (κ2) is 14.1. The van der Waals surface area contributed by atoms with Crippen molar-refractivity contribution in [1.29, 1.82) is 0 Å². The minimum Gasteiger partial charge on any atom is -1.00 e. The van der Waals surface area contributed by atoms with Gasteiger partial charge in [-0.05, 0) is 0 Å². The molecule has 0 radical (unpaired) electrons. The molecule has 6 rings (SSSR count). The maximum atomic E-state index is 7.11. The first-order chi connectivity index (χ1) is 19.5. The van der Waals surface area contributed by atoms with E-state index in [-0.39, 0.29) is 54.7 Å². The largest absolute Gasteiger partial charge is 1.00 e. The summed E-state index contributed by atoms with van der Waals surface area (Å²) < 4.78 is 8.64. The zero-order valence-corrected chi connectivity index (χ0v) is 28.2. The molecule has 1 unspecified atom stereocenters. The average Bonchev–Trinajstić information content (AvgIpc) is 3.28. The van der Waals surface area contributed by atoms with Crippen molar-refractivity contribution < 1.29 is 48.0 Å². The molecule has 5 aromatic rings. The summed E-state index contributed by atoms with van der Waals surface area (Å²) in [5, 5.41) is 0. The maximum Gasteiger partial charge on any atom is -1.00 e. The quantitative estimate of drug-likeness (QED) is 0.237. The summed E-state index contributed by atoms with van der Waals surface area (Å²) in [6.45, 7) is 7.39. The minimum atomic E-state index is -1.84. The number of aryl methyl sites for hydroxylation is 1. The third-order valence-electron chi connectivity index (χ3n) is 7.83. The van der Waals surface area contributed by atoms with E-state index < -0.39 is 5.94 Å². The van der Waals surface area contributed by atoms with Gasteiger partial charge in [0.2, 0.25) is 0 Å². The second-order valence-corrected chi connectivity index (χ2v) is 23.6. The molecule has 0 aliphatic heterocycles. The summed E-state index contributed by atoms with van der Waals surface area (Å²) >= 11 is -0.369. The number of rotatable bonds is 8. The number of ether oxygens (including phenoxy) is 1. The smallest absolute Gasteiger partial charge is 1.00 e. The molecule has 5 aromatic carbocycles. The van der Waals surface area contributed by atoms with Crippen molar-refractivity contribution in [3.63, 3.8) is 0 Å². The van der Waals surface area contributed by atoms with Crippen LogP contribution in [0.3, 0.4) is 0 Å². The van der Waals surface area contributed by atoms with Crippen LogP contribution < -0.4 is 33.4 Å². The first kappa shape index (κ1) is 32.1. The van der Waals surface area contributed by atoms with Crippen LogP contribution in [0.1, 0.15) is 39.3 Å². The van der Waals surface area contributed by atoms with Crippen LogP contribution in [0.2, 0.25) is 13.1 Å². The SMILES string of the molecule is Cc1ccc2c(c1)C(C(c1ccccc1)c1ccccc1)=C(Oc1ccccc1)C2[Si](C)(C)[Ti+2][c]1ccccc1.[Cl-].[Cl-]. The van der Waals surface area contributed by atoms with Gasteiger partial charge in [0.05, 0.1) is 0 Å². The van der Waals surface area contributed by atoms with Gasteiger partial charge in [-0.25, -0.2) is 0 Å². The summed E-state index contributed by atoms with van der Waals surface area (Å²) in [6, 6.07) is 50.6. The Morgan fingerprint density at radius 2 is 1.14 bits per heavy atom. The maximum absolute atomic E-state index is 7.11. The topological polar surface area (TPSA) is 9.23 Å². The van der Waals surface area contributed by atoms with Crippen LogP contribution in [0.5, 0.6) is 5.75 Å². The Morgan fingerprint density at radius 1 is 0.643 bits per heavy atom. The third-order valence-corrected chi connectivity index (χ3v) is 17.0. The molecular weight excluding hydrogens is 607 g/mol. The number of benzene rings is 5. The van der Waals surface area contributed by atoms with Crippen molar-refractivity contribution in [2.75, 3.05) is 0 Å². The Balaban J connectivity index is 0.00000202. The Bertz CT molecular complexity index is 1590. The molecule has 210 valence electrons. The van der Waals surface area contributed by atoms with E-state index in [9.17, 15) is 0 Å². The van der Waals surface area contributed by atoms with Crippen molar-refractivity contribution in [3.8, 4) is 5.75 Å². The van der Waals surface area contributed by atoms with Gasteiger partial charge >= 0.3 is 249 Å². The molecule has 0 saturated heterocycles. The first-order valence-electron chi connectivity index (χ1n) is 14.0. The van der Waals surface area contributed by atoms with Crippen molar-refractivity contribution in [1.82, 2.24) is 0 Å². The Morgan fingerprint density at radius 3 is 1.69 bits per heavy atom. The van der Waals surface area contributed by atoms with Crippen LogP contribution in [0.25, 0.3) is 5.57 Å². The number of hydrogen-bond acceptors (Lipinski definition) is 1. The summed E-state index contributed by atoms with van der Waals surface area (Å²) in [5.74, 6) is 0.298. The van der Waals surface area contributed by atoms with Crippen LogP contribution in [0.15, 0.2) is 145 Å². The number of halogens is 2. The minimum absolute atomic E-state index is 0. The van der Waals surface area contributed by atoms with E-state index in [0.29, 0.717) is 0 Å². The van der Waals surface area contributed by atoms with E-state index in [1.807, 2.05) is 0 Å². The van der Waals surface area contributed by atoms with Crippen LogP contribution in [-0.4, -0.2) is 5.94 Å². The fraction of sp³-hybridized carbons (Fsp3) is 0.135. The normalized spacial score (nSPS) is 14.0. The van der Waals surface area contributed by atoms with Gasteiger partial charge in [-0.2, -0.15) is 0 Å². The molecule has 0 spiro atoms. The summed E-state index contributed by atoms with van der Waals surface area (Å²) in [5.41, 5.74) is 8.29. The monoisotopic (exact) mass is 640 g/mol. The van der Waals surface area contributed by atoms with Crippen LogP contribution in [0.4, 0.5) is 0 Å². The molecule has 0 N–H and O–H groups in total. The van der Waals surface area contributed by atoms with E-state index in [2.05, 4.69) is 160 Å². The predicted octanol–water partition coefficient (Wildman–Crippen LogP) is 2.87. The molecule has 1 aliphatic carbocycles. The Labute approximate surface area is 272 Å². The van der Waals surface area contributed by atoms with Gasteiger partial charge in [0.15, 0.2) is 0 Å². The molecule has 1 aliphatic rings. The third kappa shape index (κ3) is 6.70. The van der Waals surface area contributed by atoms with Crippen LogP contribution >= 0.6 is 0 Å². The second-order valence-electron chi connectivity index (χ2n) is 11.2. The zero-order valence-electron chi connectivity index (χ0n) is 24.1. The molecule has 1 nitrogen and oxygen atoms in total. The standard InChI is InChI=1S/C31H29OSi.C6H5.2ClH.Ti/c1-22-19-20-26-27(21-22)29(30(31(26)33(2)3)32-25-17-11-6-12-18-25)28(23-13-7-4-8-14-23)24-15-9-5-10-16-24;1-2-4-6-5-3-1;;;/h4-21,28,31H,1-3H3;1-5H;2*1H;/q;;;;+2/p-2. The fourth-order valence-electron chi connectivity index (χ4n) is 6.11. The molecule has 5 heteroatoms. The summed E-state index contributed by atoms with van der Waals surface area (Å²) in [4.78, 5) is 0. The number of fused-ring (bicyclic) bond motifs is 1. The number of allylic oxidation sites excluding steroid dienone is 2. The number of para-hydroxylation sites is 1. The molecule has 0 saturated carbocycles. The van der Waals surface area contributed by atoms with Gasteiger partial charge < -0.3 is 24.8 Å². The van der Waals surface area contributed by atoms with Crippen molar-refractivity contribution in [2.45, 2.75) is 31.5 Å². The van der Waals surface area contributed by atoms with Gasteiger partial charge in [-0.1, -0.05) is 0 Å². The molecule has 42 heavy (non-hydrogen) atoms. The van der Waals surface area contributed by atoms with E-state index in [1.165, 1.54) is 37.3 Å². The van der Waals surface area contributed by atoms with Gasteiger partial charge in [-0.3, -0.25) is 0 Å². The summed E-state index contributed by atoms with van der Waals surface area (Å²) in [6.07, 6.45) is 0. The van der Waals surface area contributed by atoms with E-state index in [0.717, 1.165) is 11.5 Å². The average molecular weight is 642 g/mol. The van der Waals surface area contributed by atoms with Gasteiger partial charge in [0.1, 0.15) is 0 Å². The van der Waals surface area contributed by atoms with Gasteiger partial charge in [-0.15, -0.1) is 0 Å². The van der Waals surface area contributed by atoms with E-state index >= 15 is 0 Å². The molecular formula is C37H34Cl2OSiTi. The predicted molar refractivity (Wildman–Crippen MR) is 166 cm³/mol. The van der Waals surface area contributed by atoms with Crippen LogP contribution in [0, 0.1) is 6.92 Å². The Kier molecular flexibility index (Phi) is 10.8. The van der Waals surface area contributed by atoms with Crippen LogP contribution in [-0.2, 0) is 18.4 Å². The van der Waals surface area contributed by atoms with Crippen molar-refractivity contribution in [2.24, 2.45) is 0 Å². The molecule has 0 heterocycles. The fourth-order valence-corrected chi connectivity index (χ4v) is 15.7. The zero-order chi connectivity index (χ0) is 27.5. The van der Waals surface area contributed by atoms with E-state index in [1.54, 1.807) is 0 Å². The van der Waals surface area contributed by atoms with E-state index in [4.69, 9.17) is 4.74 Å². The molecule has 1 atom stereocenters. The Hall–Kier alpha value is -2.85. The molecule has 0 fully saturated rings. The molecule has 0 aromatic heterocycles. The van der Waals surface area contributed by atoms with Gasteiger partial charge in [0.25, 0.3) is 0 Å². The first-order valence-corrected chi connectivity index (χ1v) is 20.2. The van der Waals surface area contributed by atoms with Gasteiger partial charge in [0, 0.05) is 0 Å². The number of hydrogen-bond donors (Lipinski definition) is 0. The molecule has 0 amide bonds. The molecule has 0 bridgehead atoms. The van der Waals surface area contributed by atoms with Crippen molar-refractivity contribution in [3.05, 3.63) is 173 Å².